The lowest BCUT2D eigenvalue weighted by Gasteiger charge is -2.31. The molecular formula is C10H22O4. The van der Waals surface area contributed by atoms with Crippen molar-refractivity contribution >= 4 is 0 Å². The average Bonchev–Trinajstić information content (AvgIpc) is 2.15. The monoisotopic (exact) mass is 206 g/mol. The molecule has 3 unspecified atom stereocenters. The van der Waals surface area contributed by atoms with E-state index in [2.05, 4.69) is 13.8 Å². The zero-order valence-corrected chi connectivity index (χ0v) is 9.27. The molecule has 0 radical (unpaired) electrons. The fourth-order valence-electron chi connectivity index (χ4n) is 1.17. The van der Waals surface area contributed by atoms with E-state index in [-0.39, 0.29) is 6.10 Å². The predicted octanol–water partition coefficient (Wildman–Crippen LogP) is 0.560. The molecule has 86 valence electrons. The molecule has 2 N–H and O–H groups in total. The Hall–Kier alpha value is -0.160. The van der Waals surface area contributed by atoms with Crippen molar-refractivity contribution in [2.45, 2.75) is 45.0 Å². The summed E-state index contributed by atoms with van der Waals surface area (Å²) >= 11 is 0. The molecule has 4 heteroatoms. The molecule has 0 saturated carbocycles. The van der Waals surface area contributed by atoms with Crippen LogP contribution in [0.15, 0.2) is 0 Å². The first-order valence-electron chi connectivity index (χ1n) is 5.14. The number of hydrogen-bond donors (Lipinski definition) is 2. The summed E-state index contributed by atoms with van der Waals surface area (Å²) in [5.74, 6) is 0. The van der Waals surface area contributed by atoms with Gasteiger partial charge in [0.05, 0.1) is 12.7 Å². The van der Waals surface area contributed by atoms with Gasteiger partial charge in [-0.05, 0) is 6.42 Å². The maximum Gasteiger partial charge on any atom is 0.109 e. The molecule has 4 nitrogen and oxygen atoms in total. The van der Waals surface area contributed by atoms with E-state index >= 15 is 0 Å². The average molecular weight is 206 g/mol. The summed E-state index contributed by atoms with van der Waals surface area (Å²) in [4.78, 5) is 0. The lowest BCUT2D eigenvalue weighted by Crippen LogP contribution is -2.46. The van der Waals surface area contributed by atoms with Crippen LogP contribution in [0.25, 0.3) is 0 Å². The van der Waals surface area contributed by atoms with Crippen molar-refractivity contribution in [3.8, 4) is 0 Å². The van der Waals surface area contributed by atoms with Crippen molar-refractivity contribution in [1.82, 2.24) is 0 Å². The first-order chi connectivity index (χ1) is 6.67. The van der Waals surface area contributed by atoms with E-state index in [1.165, 1.54) is 13.5 Å². The Morgan fingerprint density at radius 2 is 1.93 bits per heavy atom. The molecule has 0 aromatic rings. The minimum absolute atomic E-state index is 0.332. The van der Waals surface area contributed by atoms with Gasteiger partial charge in [-0.15, -0.1) is 0 Å². The highest BCUT2D eigenvalue weighted by Crippen LogP contribution is 2.14. The van der Waals surface area contributed by atoms with Crippen molar-refractivity contribution in [1.29, 1.82) is 0 Å². The lowest BCUT2D eigenvalue weighted by atomic mass is 10.0. The molecule has 1 heterocycles. The number of aliphatic hydroxyl groups excluding tert-OH is 2. The van der Waals surface area contributed by atoms with Crippen LogP contribution >= 0.6 is 0 Å². The topological polar surface area (TPSA) is 58.9 Å². The summed E-state index contributed by atoms with van der Waals surface area (Å²) in [6.45, 7) is 5.07. The molecule has 1 aliphatic rings. The van der Waals surface area contributed by atoms with Crippen LogP contribution in [0.4, 0.5) is 0 Å². The van der Waals surface area contributed by atoms with E-state index in [0.717, 1.165) is 0 Å². The number of ether oxygens (including phenoxy) is 2. The fourth-order valence-corrected chi connectivity index (χ4v) is 1.17. The molecule has 0 aliphatic carbocycles. The van der Waals surface area contributed by atoms with Gasteiger partial charge in [-0.2, -0.15) is 0 Å². The van der Waals surface area contributed by atoms with Crippen LogP contribution in [-0.2, 0) is 9.47 Å². The van der Waals surface area contributed by atoms with E-state index < -0.39 is 12.2 Å². The number of rotatable bonds is 2. The highest BCUT2D eigenvalue weighted by molar-refractivity contribution is 4.80. The van der Waals surface area contributed by atoms with Crippen LogP contribution in [-0.4, -0.2) is 48.8 Å². The smallest absolute Gasteiger partial charge is 0.109 e. The normalized spacial score (nSPS) is 31.9. The van der Waals surface area contributed by atoms with Crippen LogP contribution in [0.3, 0.4) is 0 Å². The van der Waals surface area contributed by atoms with Gasteiger partial charge in [-0.1, -0.05) is 20.3 Å². The molecule has 0 bridgehead atoms. The van der Waals surface area contributed by atoms with E-state index in [4.69, 9.17) is 9.47 Å². The van der Waals surface area contributed by atoms with Gasteiger partial charge < -0.3 is 19.7 Å². The first kappa shape index (κ1) is 13.8. The van der Waals surface area contributed by atoms with Gasteiger partial charge in [0.1, 0.15) is 12.2 Å². The summed E-state index contributed by atoms with van der Waals surface area (Å²) in [6, 6.07) is 0. The lowest BCUT2D eigenvalue weighted by molar-refractivity contribution is -0.151. The Morgan fingerprint density at radius 3 is 2.43 bits per heavy atom. The van der Waals surface area contributed by atoms with Crippen LogP contribution in [0.5, 0.6) is 0 Å². The van der Waals surface area contributed by atoms with Gasteiger partial charge in [0.25, 0.3) is 0 Å². The van der Waals surface area contributed by atoms with Crippen molar-refractivity contribution in [3.63, 3.8) is 0 Å². The second kappa shape index (κ2) is 8.17. The van der Waals surface area contributed by atoms with Gasteiger partial charge in [0.2, 0.25) is 0 Å². The van der Waals surface area contributed by atoms with Gasteiger partial charge in [0.15, 0.2) is 0 Å². The molecule has 1 aliphatic heterocycles. The quantitative estimate of drug-likeness (QED) is 0.693. The van der Waals surface area contributed by atoms with Gasteiger partial charge in [0, 0.05) is 13.7 Å². The molecule has 0 amide bonds. The Morgan fingerprint density at radius 1 is 1.36 bits per heavy atom. The first-order valence-corrected chi connectivity index (χ1v) is 5.14. The number of aliphatic hydroxyl groups is 2. The molecule has 14 heavy (non-hydrogen) atoms. The Balaban J connectivity index is 0.000000500. The van der Waals surface area contributed by atoms with Crippen molar-refractivity contribution in [2.24, 2.45) is 0 Å². The van der Waals surface area contributed by atoms with Gasteiger partial charge >= 0.3 is 0 Å². The maximum absolute atomic E-state index is 9.31. The fraction of sp³-hybridized carbons (Fsp3) is 1.00. The molecule has 3 atom stereocenters. The largest absolute Gasteiger partial charge is 0.390 e. The second-order valence-corrected chi connectivity index (χ2v) is 3.42. The van der Waals surface area contributed by atoms with Gasteiger partial charge in [-0.25, -0.2) is 0 Å². The van der Waals surface area contributed by atoms with Crippen molar-refractivity contribution in [2.75, 3.05) is 20.3 Å². The van der Waals surface area contributed by atoms with Crippen LogP contribution in [0.2, 0.25) is 0 Å². The van der Waals surface area contributed by atoms with Crippen LogP contribution in [0, 0.1) is 0 Å². The highest BCUT2D eigenvalue weighted by Gasteiger charge is 2.30. The highest BCUT2D eigenvalue weighted by atomic mass is 16.5. The van der Waals surface area contributed by atoms with Crippen molar-refractivity contribution < 1.29 is 19.7 Å². The molecular weight excluding hydrogens is 184 g/mol. The minimum atomic E-state index is -0.802. The second-order valence-electron chi connectivity index (χ2n) is 3.42. The summed E-state index contributed by atoms with van der Waals surface area (Å²) in [6.07, 6.45) is -0.0853. The summed E-state index contributed by atoms with van der Waals surface area (Å²) in [7, 11) is 1.54. The van der Waals surface area contributed by atoms with E-state index in [0.29, 0.717) is 19.6 Å². The van der Waals surface area contributed by atoms with E-state index in [9.17, 15) is 10.2 Å². The van der Waals surface area contributed by atoms with Crippen molar-refractivity contribution in [3.05, 3.63) is 0 Å². The minimum Gasteiger partial charge on any atom is -0.390 e. The molecule has 0 aromatic carbocycles. The summed E-state index contributed by atoms with van der Waals surface area (Å²) in [5, 5.41) is 18.5. The van der Waals surface area contributed by atoms with E-state index in [1.54, 1.807) is 0 Å². The summed E-state index contributed by atoms with van der Waals surface area (Å²) < 4.78 is 9.97. The number of methoxy groups -OCH3 is 1. The molecule has 1 fully saturated rings. The summed E-state index contributed by atoms with van der Waals surface area (Å²) in [5.41, 5.74) is 0. The Bertz CT molecular complexity index is 127. The van der Waals surface area contributed by atoms with Crippen LogP contribution < -0.4 is 0 Å². The van der Waals surface area contributed by atoms with E-state index in [1.807, 2.05) is 0 Å². The number of hydrogen-bond acceptors (Lipinski definition) is 4. The van der Waals surface area contributed by atoms with Gasteiger partial charge in [-0.3, -0.25) is 0 Å². The molecule has 0 aromatic heterocycles. The zero-order chi connectivity index (χ0) is 11.0. The molecule has 1 saturated heterocycles. The third kappa shape index (κ3) is 4.91. The molecule has 0 spiro atoms. The Labute approximate surface area is 85.8 Å². The Kier molecular flexibility index (Phi) is 8.08. The standard InChI is InChI=1S/C7H14O4.C3H8/c1-10-4-6-7(9)5(8)2-3-11-6;1-3-2/h5-9H,2-4H2,1H3;3H2,1-2H3. The SMILES string of the molecule is CCC.COCC1OCCC(O)C1O. The maximum atomic E-state index is 9.31. The van der Waals surface area contributed by atoms with Crippen LogP contribution in [0.1, 0.15) is 26.7 Å². The third-order valence-corrected chi connectivity index (χ3v) is 1.85. The third-order valence-electron chi connectivity index (χ3n) is 1.85. The zero-order valence-electron chi connectivity index (χ0n) is 9.27. The molecule has 1 rings (SSSR count). The predicted molar refractivity (Wildman–Crippen MR) is 54.2 cm³/mol.